The highest BCUT2D eigenvalue weighted by Crippen LogP contribution is 2.35. The maximum Gasteiger partial charge on any atom is 0.317 e. The van der Waals surface area contributed by atoms with Crippen molar-refractivity contribution in [1.29, 1.82) is 0 Å². The van der Waals surface area contributed by atoms with E-state index in [4.69, 9.17) is 0 Å². The monoisotopic (exact) mass is 376 g/mol. The van der Waals surface area contributed by atoms with Gasteiger partial charge in [-0.1, -0.05) is 12.1 Å². The smallest absolute Gasteiger partial charge is 0.317 e. The summed E-state index contributed by atoms with van der Waals surface area (Å²) in [7, 11) is 1.61. The van der Waals surface area contributed by atoms with Gasteiger partial charge in [0.1, 0.15) is 6.54 Å². The molecule has 1 atom stereocenters. The van der Waals surface area contributed by atoms with E-state index in [1.54, 1.807) is 29.7 Å². The lowest BCUT2D eigenvalue weighted by atomic mass is 10.1. The number of thiophene rings is 2. The first-order valence-corrected chi connectivity index (χ1v) is 9.82. The largest absolute Gasteiger partial charge is 0.338 e. The van der Waals surface area contributed by atoms with Crippen molar-refractivity contribution in [2.75, 3.05) is 20.1 Å². The van der Waals surface area contributed by atoms with Crippen LogP contribution in [0.3, 0.4) is 0 Å². The van der Waals surface area contributed by atoms with Gasteiger partial charge >= 0.3 is 6.03 Å². The average molecular weight is 377 g/mol. The maximum absolute atomic E-state index is 12.8. The summed E-state index contributed by atoms with van der Waals surface area (Å²) in [6.45, 7) is 2.37. The summed E-state index contributed by atoms with van der Waals surface area (Å²) >= 11 is 3.24. The van der Waals surface area contributed by atoms with Crippen molar-refractivity contribution in [3.63, 3.8) is 0 Å². The summed E-state index contributed by atoms with van der Waals surface area (Å²) in [6, 6.07) is 7.64. The van der Waals surface area contributed by atoms with Gasteiger partial charge < -0.3 is 10.2 Å². The zero-order chi connectivity index (χ0) is 17.8. The normalized spacial score (nSPS) is 16.6. The lowest BCUT2D eigenvalue weighted by Gasteiger charge is -2.24. The second-order valence-electron chi connectivity index (χ2n) is 5.69. The molecule has 132 valence electrons. The lowest BCUT2D eigenvalue weighted by Crippen LogP contribution is -2.43. The third-order valence-corrected chi connectivity index (χ3v) is 5.78. The minimum Gasteiger partial charge on any atom is -0.338 e. The van der Waals surface area contributed by atoms with Crippen LogP contribution in [-0.2, 0) is 4.79 Å². The summed E-state index contributed by atoms with van der Waals surface area (Å²) in [5, 5.41) is 12.8. The first kappa shape index (κ1) is 17.6. The predicted molar refractivity (Wildman–Crippen MR) is 101 cm³/mol. The Kier molecular flexibility index (Phi) is 5.50. The molecule has 3 amide bonds. The number of hydrogen-bond acceptors (Lipinski definition) is 5. The topological polar surface area (TPSA) is 65.0 Å². The molecule has 2 aromatic rings. The Hall–Kier alpha value is -2.19. The van der Waals surface area contributed by atoms with Crippen LogP contribution >= 0.6 is 22.7 Å². The van der Waals surface area contributed by atoms with E-state index in [2.05, 4.69) is 10.4 Å². The van der Waals surface area contributed by atoms with Gasteiger partial charge in [-0.15, -0.1) is 22.7 Å². The van der Waals surface area contributed by atoms with Crippen LogP contribution in [0.5, 0.6) is 0 Å². The number of likely N-dealkylation sites (N-methyl/N-ethyl adjacent to an activating group) is 1. The van der Waals surface area contributed by atoms with E-state index in [-0.39, 0.29) is 24.5 Å². The van der Waals surface area contributed by atoms with Gasteiger partial charge in [0.2, 0.25) is 0 Å². The molecule has 25 heavy (non-hydrogen) atoms. The molecule has 8 heteroatoms. The molecule has 1 aliphatic rings. The molecule has 3 heterocycles. The molecule has 0 aromatic carbocycles. The first-order chi connectivity index (χ1) is 12.1. The highest BCUT2D eigenvalue weighted by molar-refractivity contribution is 7.12. The van der Waals surface area contributed by atoms with E-state index in [0.717, 1.165) is 15.5 Å². The predicted octanol–water partition coefficient (Wildman–Crippen LogP) is 3.15. The molecule has 0 fully saturated rings. The molecule has 0 saturated heterocycles. The second kappa shape index (κ2) is 7.79. The third-order valence-electron chi connectivity index (χ3n) is 3.89. The Morgan fingerprint density at radius 3 is 2.72 bits per heavy atom. The SMILES string of the molecule is CCNC(=O)N(C)CC(=O)N1N=C(c2cccs2)CC1c1cccs1. The standard InChI is InChI=1S/C17H20N4O2S2/c1-3-18-17(23)20(2)11-16(22)21-13(15-7-5-9-25-15)10-12(19-21)14-6-4-8-24-14/h4-9,13H,3,10-11H2,1-2H3,(H,18,23). The number of nitrogens with zero attached hydrogens (tertiary/aromatic N) is 3. The van der Waals surface area contributed by atoms with E-state index < -0.39 is 0 Å². The van der Waals surface area contributed by atoms with Crippen LogP contribution in [0.1, 0.15) is 29.1 Å². The summed E-state index contributed by atoms with van der Waals surface area (Å²) in [4.78, 5) is 28.2. The molecule has 1 N–H and O–H groups in total. The third kappa shape index (κ3) is 3.91. The van der Waals surface area contributed by atoms with E-state index in [9.17, 15) is 9.59 Å². The summed E-state index contributed by atoms with van der Waals surface area (Å²) < 4.78 is 0. The van der Waals surface area contributed by atoms with Crippen LogP contribution in [-0.4, -0.2) is 47.7 Å². The zero-order valence-electron chi connectivity index (χ0n) is 14.1. The fraction of sp³-hybridized carbons (Fsp3) is 0.353. The van der Waals surface area contributed by atoms with Crippen molar-refractivity contribution in [3.8, 4) is 0 Å². The highest BCUT2D eigenvalue weighted by Gasteiger charge is 2.34. The number of nitrogens with one attached hydrogen (secondary N) is 1. The molecular formula is C17H20N4O2S2. The van der Waals surface area contributed by atoms with Crippen molar-refractivity contribution in [3.05, 3.63) is 44.8 Å². The molecule has 0 spiro atoms. The van der Waals surface area contributed by atoms with Crippen LogP contribution in [0.25, 0.3) is 0 Å². The fourth-order valence-electron chi connectivity index (χ4n) is 2.67. The van der Waals surface area contributed by atoms with E-state index in [1.165, 1.54) is 9.91 Å². The molecular weight excluding hydrogens is 356 g/mol. The molecule has 0 radical (unpaired) electrons. The van der Waals surface area contributed by atoms with E-state index in [0.29, 0.717) is 13.0 Å². The number of carbonyl (C=O) groups is 2. The second-order valence-corrected chi connectivity index (χ2v) is 7.62. The van der Waals surface area contributed by atoms with E-state index in [1.807, 2.05) is 41.9 Å². The first-order valence-electron chi connectivity index (χ1n) is 8.06. The Balaban J connectivity index is 1.79. The van der Waals surface area contributed by atoms with Crippen molar-refractivity contribution in [2.45, 2.75) is 19.4 Å². The van der Waals surface area contributed by atoms with Gasteiger partial charge in [0, 0.05) is 24.9 Å². The van der Waals surface area contributed by atoms with Gasteiger partial charge in [-0.3, -0.25) is 4.79 Å². The van der Waals surface area contributed by atoms with Crippen molar-refractivity contribution in [1.82, 2.24) is 15.2 Å². The molecule has 2 aromatic heterocycles. The molecule has 6 nitrogen and oxygen atoms in total. The summed E-state index contributed by atoms with van der Waals surface area (Å²) in [5.41, 5.74) is 0.919. The number of hydrazone groups is 1. The number of carbonyl (C=O) groups excluding carboxylic acids is 2. The average Bonchev–Trinajstić information content (AvgIpc) is 3.33. The minimum atomic E-state index is -0.259. The Bertz CT molecular complexity index is 756. The Morgan fingerprint density at radius 1 is 1.32 bits per heavy atom. The van der Waals surface area contributed by atoms with Gasteiger partial charge in [-0.25, -0.2) is 9.80 Å². The van der Waals surface area contributed by atoms with Crippen LogP contribution < -0.4 is 5.32 Å². The lowest BCUT2D eigenvalue weighted by molar-refractivity contribution is -0.133. The molecule has 1 unspecified atom stereocenters. The number of rotatable bonds is 5. The van der Waals surface area contributed by atoms with Gasteiger partial charge in [-0.2, -0.15) is 5.10 Å². The molecule has 0 bridgehead atoms. The van der Waals surface area contributed by atoms with Gasteiger partial charge in [0.25, 0.3) is 5.91 Å². The number of hydrogen-bond donors (Lipinski definition) is 1. The van der Waals surface area contributed by atoms with Crippen molar-refractivity contribution >= 4 is 40.3 Å². The molecule has 1 aliphatic heterocycles. The van der Waals surface area contributed by atoms with Crippen LogP contribution in [0.15, 0.2) is 40.1 Å². The van der Waals surface area contributed by atoms with Crippen LogP contribution in [0.2, 0.25) is 0 Å². The van der Waals surface area contributed by atoms with Crippen LogP contribution in [0.4, 0.5) is 4.79 Å². The van der Waals surface area contributed by atoms with E-state index >= 15 is 0 Å². The Labute approximate surface area is 154 Å². The minimum absolute atomic E-state index is 0.00503. The summed E-state index contributed by atoms with van der Waals surface area (Å²) in [5.74, 6) is -0.182. The maximum atomic E-state index is 12.8. The van der Waals surface area contributed by atoms with Gasteiger partial charge in [0.15, 0.2) is 0 Å². The summed E-state index contributed by atoms with van der Waals surface area (Å²) in [6.07, 6.45) is 0.692. The Morgan fingerprint density at radius 2 is 2.08 bits per heavy atom. The number of amides is 3. The number of urea groups is 1. The van der Waals surface area contributed by atoms with Gasteiger partial charge in [0.05, 0.1) is 16.6 Å². The molecule has 3 rings (SSSR count). The quantitative estimate of drug-likeness (QED) is 0.871. The zero-order valence-corrected chi connectivity index (χ0v) is 15.8. The van der Waals surface area contributed by atoms with Crippen molar-refractivity contribution < 1.29 is 9.59 Å². The van der Waals surface area contributed by atoms with Gasteiger partial charge in [-0.05, 0) is 29.8 Å². The van der Waals surface area contributed by atoms with Crippen LogP contribution in [0, 0.1) is 0 Å². The molecule has 0 saturated carbocycles. The highest BCUT2D eigenvalue weighted by atomic mass is 32.1. The fourth-order valence-corrected chi connectivity index (χ4v) is 4.20. The molecule has 0 aliphatic carbocycles. The van der Waals surface area contributed by atoms with Crippen molar-refractivity contribution in [2.24, 2.45) is 5.10 Å².